The molecule has 21 heavy (non-hydrogen) atoms. The third-order valence-electron chi connectivity index (χ3n) is 3.53. The van der Waals surface area contributed by atoms with Gasteiger partial charge >= 0.3 is 0 Å². The molecule has 0 saturated carbocycles. The summed E-state index contributed by atoms with van der Waals surface area (Å²) in [5.41, 5.74) is 8.80. The Kier molecular flexibility index (Phi) is 3.99. The predicted molar refractivity (Wildman–Crippen MR) is 86.5 cm³/mol. The molecule has 0 bridgehead atoms. The highest BCUT2D eigenvalue weighted by Crippen LogP contribution is 2.26. The molecule has 0 amide bonds. The van der Waals surface area contributed by atoms with Crippen LogP contribution in [-0.2, 0) is 6.42 Å². The van der Waals surface area contributed by atoms with Crippen LogP contribution in [0.2, 0.25) is 0 Å². The number of nitrogens with two attached hydrogens (primary N) is 1. The maximum Gasteiger partial charge on any atom is 0.126 e. The number of hydrogen-bond acceptors (Lipinski definition) is 2. The van der Waals surface area contributed by atoms with Gasteiger partial charge in [0, 0.05) is 22.1 Å². The summed E-state index contributed by atoms with van der Waals surface area (Å²) in [7, 11) is 0. The van der Waals surface area contributed by atoms with Crippen molar-refractivity contribution in [2.24, 2.45) is 5.73 Å². The van der Waals surface area contributed by atoms with Crippen molar-refractivity contribution in [1.29, 1.82) is 0 Å². The standard InChI is InChI=1S/C17H14BrFN2/c18-12-6-7-15(19)11(9-12)10-16(20)13-3-1-5-17-14(13)4-2-8-21-17/h1-9,16H,10,20H2. The zero-order valence-corrected chi connectivity index (χ0v) is 12.8. The highest BCUT2D eigenvalue weighted by Gasteiger charge is 2.13. The highest BCUT2D eigenvalue weighted by molar-refractivity contribution is 9.10. The van der Waals surface area contributed by atoms with Gasteiger partial charge in [0.2, 0.25) is 0 Å². The second-order valence-corrected chi connectivity index (χ2v) is 5.88. The third kappa shape index (κ3) is 2.96. The second-order valence-electron chi connectivity index (χ2n) is 4.96. The van der Waals surface area contributed by atoms with Crippen molar-refractivity contribution in [3.05, 3.63) is 76.1 Å². The summed E-state index contributed by atoms with van der Waals surface area (Å²) >= 11 is 3.36. The first-order chi connectivity index (χ1) is 10.1. The maximum absolute atomic E-state index is 13.9. The molecule has 106 valence electrons. The summed E-state index contributed by atoms with van der Waals surface area (Å²) in [6.07, 6.45) is 2.20. The van der Waals surface area contributed by atoms with Crippen LogP contribution in [0.1, 0.15) is 17.2 Å². The zero-order chi connectivity index (χ0) is 14.8. The van der Waals surface area contributed by atoms with E-state index >= 15 is 0 Å². The number of pyridine rings is 1. The summed E-state index contributed by atoms with van der Waals surface area (Å²) in [5.74, 6) is -0.230. The molecule has 0 aliphatic carbocycles. The lowest BCUT2D eigenvalue weighted by molar-refractivity contribution is 0.593. The van der Waals surface area contributed by atoms with Crippen LogP contribution < -0.4 is 5.73 Å². The predicted octanol–water partition coefficient (Wildman–Crippen LogP) is 4.38. The van der Waals surface area contributed by atoms with Gasteiger partial charge in [-0.3, -0.25) is 4.98 Å². The maximum atomic E-state index is 13.9. The average Bonchev–Trinajstić information content (AvgIpc) is 2.50. The summed E-state index contributed by atoms with van der Waals surface area (Å²) in [4.78, 5) is 4.33. The Morgan fingerprint density at radius 2 is 2.00 bits per heavy atom. The molecule has 0 saturated heterocycles. The SMILES string of the molecule is NC(Cc1cc(Br)ccc1F)c1cccc2ncccc12. The fourth-order valence-electron chi connectivity index (χ4n) is 2.50. The molecule has 3 rings (SSSR count). The molecule has 1 heterocycles. The topological polar surface area (TPSA) is 38.9 Å². The van der Waals surface area contributed by atoms with E-state index < -0.39 is 0 Å². The molecule has 2 N–H and O–H groups in total. The number of rotatable bonds is 3. The van der Waals surface area contributed by atoms with E-state index in [0.717, 1.165) is 20.9 Å². The van der Waals surface area contributed by atoms with Crippen molar-refractivity contribution >= 4 is 26.8 Å². The minimum absolute atomic E-state index is 0.230. The summed E-state index contributed by atoms with van der Waals surface area (Å²) < 4.78 is 14.7. The van der Waals surface area contributed by atoms with Crippen molar-refractivity contribution < 1.29 is 4.39 Å². The quantitative estimate of drug-likeness (QED) is 0.765. The lowest BCUT2D eigenvalue weighted by Crippen LogP contribution is -2.14. The molecule has 4 heteroatoms. The van der Waals surface area contributed by atoms with Crippen LogP contribution in [0.15, 0.2) is 59.2 Å². The number of hydrogen-bond donors (Lipinski definition) is 1. The molecule has 1 aromatic heterocycles. The molecule has 0 aliphatic rings. The van der Waals surface area contributed by atoms with Gasteiger partial charge in [-0.2, -0.15) is 0 Å². The first-order valence-electron chi connectivity index (χ1n) is 6.68. The first-order valence-corrected chi connectivity index (χ1v) is 7.47. The number of benzene rings is 2. The van der Waals surface area contributed by atoms with Gasteiger partial charge in [0.05, 0.1) is 5.52 Å². The molecule has 0 aliphatic heterocycles. The molecule has 2 aromatic carbocycles. The third-order valence-corrected chi connectivity index (χ3v) is 4.02. The van der Waals surface area contributed by atoms with E-state index in [1.54, 1.807) is 18.3 Å². The molecule has 0 fully saturated rings. The molecule has 3 aromatic rings. The largest absolute Gasteiger partial charge is 0.324 e. The van der Waals surface area contributed by atoms with Gasteiger partial charge in [-0.1, -0.05) is 34.1 Å². The fourth-order valence-corrected chi connectivity index (χ4v) is 2.91. The Morgan fingerprint density at radius 3 is 2.86 bits per heavy atom. The minimum Gasteiger partial charge on any atom is -0.324 e. The van der Waals surface area contributed by atoms with Gasteiger partial charge in [0.1, 0.15) is 5.82 Å². The van der Waals surface area contributed by atoms with Gasteiger partial charge in [-0.15, -0.1) is 0 Å². The smallest absolute Gasteiger partial charge is 0.126 e. The van der Waals surface area contributed by atoms with Crippen LogP contribution in [0.5, 0.6) is 0 Å². The Balaban J connectivity index is 1.97. The number of nitrogens with zero attached hydrogens (tertiary/aromatic N) is 1. The monoisotopic (exact) mass is 344 g/mol. The van der Waals surface area contributed by atoms with Gasteiger partial charge < -0.3 is 5.73 Å². The highest BCUT2D eigenvalue weighted by atomic mass is 79.9. The zero-order valence-electron chi connectivity index (χ0n) is 11.3. The van der Waals surface area contributed by atoms with E-state index in [1.807, 2.05) is 30.3 Å². The molecular weight excluding hydrogens is 331 g/mol. The Hall–Kier alpha value is -1.78. The van der Waals surface area contributed by atoms with Crippen molar-refractivity contribution in [3.8, 4) is 0 Å². The Bertz CT molecular complexity index is 783. The normalized spacial score (nSPS) is 12.5. The lowest BCUT2D eigenvalue weighted by atomic mass is 9.96. The number of halogens is 2. The van der Waals surface area contributed by atoms with Gasteiger partial charge in [0.15, 0.2) is 0 Å². The van der Waals surface area contributed by atoms with Crippen molar-refractivity contribution in [1.82, 2.24) is 4.98 Å². The van der Waals surface area contributed by atoms with E-state index in [1.165, 1.54) is 6.07 Å². The van der Waals surface area contributed by atoms with Crippen LogP contribution in [0.3, 0.4) is 0 Å². The van der Waals surface area contributed by atoms with Crippen molar-refractivity contribution in [3.63, 3.8) is 0 Å². The molecule has 1 atom stereocenters. The van der Waals surface area contributed by atoms with Crippen LogP contribution in [0.4, 0.5) is 4.39 Å². The molecule has 1 unspecified atom stereocenters. The van der Waals surface area contributed by atoms with Crippen LogP contribution in [-0.4, -0.2) is 4.98 Å². The minimum atomic E-state index is -0.276. The number of fused-ring (bicyclic) bond motifs is 1. The van der Waals surface area contributed by atoms with Gasteiger partial charge in [-0.05, 0) is 47.9 Å². The van der Waals surface area contributed by atoms with E-state index in [9.17, 15) is 4.39 Å². The molecule has 2 nitrogen and oxygen atoms in total. The van der Waals surface area contributed by atoms with E-state index in [-0.39, 0.29) is 11.9 Å². The summed E-state index contributed by atoms with van der Waals surface area (Å²) in [5, 5.41) is 1.02. The van der Waals surface area contributed by atoms with Crippen LogP contribution in [0.25, 0.3) is 10.9 Å². The molecular formula is C17H14BrFN2. The lowest BCUT2D eigenvalue weighted by Gasteiger charge is -2.15. The second kappa shape index (κ2) is 5.92. The fraction of sp³-hybridized carbons (Fsp3) is 0.118. The summed E-state index contributed by atoms with van der Waals surface area (Å²) in [6, 6.07) is 14.4. The Morgan fingerprint density at radius 1 is 1.14 bits per heavy atom. The van der Waals surface area contributed by atoms with E-state index in [4.69, 9.17) is 5.73 Å². The Labute approximate surface area is 130 Å². The van der Waals surface area contributed by atoms with Gasteiger partial charge in [-0.25, -0.2) is 4.39 Å². The van der Waals surface area contributed by atoms with Crippen molar-refractivity contribution in [2.75, 3.05) is 0 Å². The van der Waals surface area contributed by atoms with E-state index in [0.29, 0.717) is 12.0 Å². The van der Waals surface area contributed by atoms with Crippen molar-refractivity contribution in [2.45, 2.75) is 12.5 Å². The van der Waals surface area contributed by atoms with Gasteiger partial charge in [0.25, 0.3) is 0 Å². The summed E-state index contributed by atoms with van der Waals surface area (Å²) in [6.45, 7) is 0. The van der Waals surface area contributed by atoms with Crippen LogP contribution >= 0.6 is 15.9 Å². The first kappa shape index (κ1) is 14.2. The molecule has 0 spiro atoms. The van der Waals surface area contributed by atoms with Crippen LogP contribution in [0, 0.1) is 5.82 Å². The average molecular weight is 345 g/mol. The number of aromatic nitrogens is 1. The van der Waals surface area contributed by atoms with E-state index in [2.05, 4.69) is 20.9 Å². The molecule has 0 radical (unpaired) electrons.